The Hall–Kier alpha value is -3.90. The van der Waals surface area contributed by atoms with Gasteiger partial charge in [-0.05, 0) is 92.6 Å². The molecule has 0 bridgehead atoms. The lowest BCUT2D eigenvalue weighted by Gasteiger charge is -2.23. The summed E-state index contributed by atoms with van der Waals surface area (Å²) in [7, 11) is 0. The Morgan fingerprint density at radius 3 is 2.36 bits per heavy atom. The zero-order valence-corrected chi connectivity index (χ0v) is 21.1. The van der Waals surface area contributed by atoms with Gasteiger partial charge in [0.2, 0.25) is 0 Å². The van der Waals surface area contributed by atoms with E-state index in [0.29, 0.717) is 41.7 Å². The summed E-state index contributed by atoms with van der Waals surface area (Å²) in [6, 6.07) is 20.7. The molecule has 1 aliphatic rings. The minimum absolute atomic E-state index is 0.243. The van der Waals surface area contributed by atoms with Crippen molar-refractivity contribution in [1.29, 1.82) is 0 Å². The molecule has 3 aromatic rings. The monoisotopic (exact) mass is 501 g/mol. The molecule has 0 radical (unpaired) electrons. The highest BCUT2D eigenvalue weighted by Gasteiger charge is 2.13. The number of benzene rings is 3. The van der Waals surface area contributed by atoms with Gasteiger partial charge in [-0.1, -0.05) is 29.8 Å². The van der Waals surface area contributed by atoms with Gasteiger partial charge in [0.1, 0.15) is 18.1 Å². The second kappa shape index (κ2) is 12.2. The summed E-state index contributed by atoms with van der Waals surface area (Å²) < 4.78 is 11.2. The van der Waals surface area contributed by atoms with Crippen LogP contribution in [0.5, 0.6) is 11.5 Å². The minimum Gasteiger partial charge on any atom is -0.460 e. The first-order chi connectivity index (χ1) is 17.5. The average Bonchev–Trinajstić information content (AvgIpc) is 3.43. The van der Waals surface area contributed by atoms with E-state index in [4.69, 9.17) is 21.1 Å². The fourth-order valence-corrected chi connectivity index (χ4v) is 3.82. The number of aryl methyl sites for hydroxylation is 1. The standard InChI is InChI=1S/C29H28ClN3O3/c1-3-33(18-19-35-29(34)22-6-4-5-7-22)25-12-17-28(21(2)20-25)32-31-24-10-15-27(16-11-24)36-26-13-8-23(30)9-14-26/h4-6,8-17,20H,3,7,18-19H2,1-2H3. The number of nitrogens with zero attached hydrogens (tertiary/aromatic N) is 3. The molecule has 0 fully saturated rings. The number of carbonyl (C=O) groups is 1. The lowest BCUT2D eigenvalue weighted by atomic mass is 10.1. The zero-order chi connectivity index (χ0) is 25.3. The van der Waals surface area contributed by atoms with Crippen LogP contribution in [0.4, 0.5) is 17.1 Å². The molecule has 6 nitrogen and oxygen atoms in total. The summed E-state index contributed by atoms with van der Waals surface area (Å²) in [5.74, 6) is 1.18. The number of esters is 1. The van der Waals surface area contributed by atoms with Crippen LogP contribution in [0.1, 0.15) is 18.9 Å². The van der Waals surface area contributed by atoms with Gasteiger partial charge in [0.15, 0.2) is 0 Å². The van der Waals surface area contributed by atoms with Crippen molar-refractivity contribution in [2.24, 2.45) is 10.2 Å². The molecule has 7 heteroatoms. The SMILES string of the molecule is CCN(CCOC(=O)C1=CC=CC1)c1ccc(N=Nc2ccc(Oc3ccc(Cl)cc3)cc2)c(C)c1. The van der Waals surface area contributed by atoms with Crippen LogP contribution in [0.25, 0.3) is 0 Å². The quantitative estimate of drug-likeness (QED) is 0.208. The topological polar surface area (TPSA) is 63.5 Å². The molecule has 36 heavy (non-hydrogen) atoms. The number of azo groups is 1. The van der Waals surface area contributed by atoms with Crippen LogP contribution in [0.3, 0.4) is 0 Å². The van der Waals surface area contributed by atoms with Crippen molar-refractivity contribution in [3.63, 3.8) is 0 Å². The van der Waals surface area contributed by atoms with Crippen LogP contribution in [0.2, 0.25) is 5.02 Å². The number of allylic oxidation sites excluding steroid dienone is 3. The van der Waals surface area contributed by atoms with E-state index in [-0.39, 0.29) is 5.97 Å². The highest BCUT2D eigenvalue weighted by atomic mass is 35.5. The maximum atomic E-state index is 12.1. The molecule has 1 aliphatic carbocycles. The third-order valence-electron chi connectivity index (χ3n) is 5.71. The van der Waals surface area contributed by atoms with Crippen molar-refractivity contribution in [3.8, 4) is 11.5 Å². The molecule has 0 heterocycles. The molecule has 0 saturated heterocycles. The Morgan fingerprint density at radius 2 is 1.72 bits per heavy atom. The van der Waals surface area contributed by atoms with Gasteiger partial charge in [0.25, 0.3) is 0 Å². The number of halogens is 1. The van der Waals surface area contributed by atoms with E-state index < -0.39 is 0 Å². The van der Waals surface area contributed by atoms with Gasteiger partial charge in [0, 0.05) is 22.8 Å². The van der Waals surface area contributed by atoms with Crippen molar-refractivity contribution < 1.29 is 14.3 Å². The Bertz CT molecular complexity index is 1280. The first-order valence-corrected chi connectivity index (χ1v) is 12.2. The molecule has 4 rings (SSSR count). The summed E-state index contributed by atoms with van der Waals surface area (Å²) in [4.78, 5) is 14.2. The molecule has 0 aliphatic heterocycles. The highest BCUT2D eigenvalue weighted by molar-refractivity contribution is 6.30. The molecule has 3 aromatic carbocycles. The summed E-state index contributed by atoms with van der Waals surface area (Å²) >= 11 is 5.91. The molecule has 0 N–H and O–H groups in total. The molecule has 184 valence electrons. The van der Waals surface area contributed by atoms with Crippen LogP contribution in [-0.2, 0) is 9.53 Å². The van der Waals surface area contributed by atoms with E-state index in [0.717, 1.165) is 29.2 Å². The number of hydrogen-bond acceptors (Lipinski definition) is 6. The second-order valence-corrected chi connectivity index (χ2v) is 8.70. The van der Waals surface area contributed by atoms with E-state index in [2.05, 4.69) is 28.1 Å². The fraction of sp³-hybridized carbons (Fsp3) is 0.207. The molecule has 0 spiro atoms. The molecule has 0 atom stereocenters. The Kier molecular flexibility index (Phi) is 8.53. The first kappa shape index (κ1) is 25.2. The van der Waals surface area contributed by atoms with Crippen LogP contribution in [0.15, 0.2) is 101 Å². The number of ether oxygens (including phenoxy) is 2. The van der Waals surface area contributed by atoms with Gasteiger partial charge >= 0.3 is 5.97 Å². The van der Waals surface area contributed by atoms with Crippen molar-refractivity contribution in [3.05, 3.63) is 101 Å². The molecular formula is C29H28ClN3O3. The van der Waals surface area contributed by atoms with Gasteiger partial charge in [-0.2, -0.15) is 10.2 Å². The highest BCUT2D eigenvalue weighted by Crippen LogP contribution is 2.29. The van der Waals surface area contributed by atoms with Gasteiger partial charge in [0.05, 0.1) is 17.9 Å². The van der Waals surface area contributed by atoms with E-state index in [9.17, 15) is 4.79 Å². The largest absolute Gasteiger partial charge is 0.460 e. The van der Waals surface area contributed by atoms with Crippen LogP contribution in [0, 0.1) is 6.92 Å². The average molecular weight is 502 g/mol. The normalized spacial score (nSPS) is 12.6. The molecule has 0 unspecified atom stereocenters. The van der Waals surface area contributed by atoms with Crippen molar-refractivity contribution in [1.82, 2.24) is 0 Å². The lowest BCUT2D eigenvalue weighted by molar-refractivity contribution is -0.138. The lowest BCUT2D eigenvalue weighted by Crippen LogP contribution is -2.28. The number of rotatable bonds is 10. The number of likely N-dealkylation sites (N-methyl/N-ethyl adjacent to an activating group) is 1. The van der Waals surface area contributed by atoms with E-state index in [1.165, 1.54) is 0 Å². The van der Waals surface area contributed by atoms with Crippen LogP contribution >= 0.6 is 11.6 Å². The summed E-state index contributed by atoms with van der Waals surface area (Å²) in [6.45, 7) is 5.84. The predicted octanol–water partition coefficient (Wildman–Crippen LogP) is 8.11. The summed E-state index contributed by atoms with van der Waals surface area (Å²) in [5, 5.41) is 9.46. The summed E-state index contributed by atoms with van der Waals surface area (Å²) in [6.07, 6.45) is 6.28. The predicted molar refractivity (Wildman–Crippen MR) is 144 cm³/mol. The molecule has 0 amide bonds. The first-order valence-electron chi connectivity index (χ1n) is 11.9. The van der Waals surface area contributed by atoms with Gasteiger partial charge in [-0.3, -0.25) is 0 Å². The summed E-state index contributed by atoms with van der Waals surface area (Å²) in [5.41, 5.74) is 4.29. The molecular weight excluding hydrogens is 474 g/mol. The van der Waals surface area contributed by atoms with Crippen LogP contribution < -0.4 is 9.64 Å². The van der Waals surface area contributed by atoms with Crippen LogP contribution in [-0.4, -0.2) is 25.7 Å². The van der Waals surface area contributed by atoms with E-state index >= 15 is 0 Å². The van der Waals surface area contributed by atoms with Crippen molar-refractivity contribution in [2.45, 2.75) is 20.3 Å². The van der Waals surface area contributed by atoms with Crippen molar-refractivity contribution >= 4 is 34.6 Å². The third kappa shape index (κ3) is 6.83. The fourth-order valence-electron chi connectivity index (χ4n) is 3.69. The maximum absolute atomic E-state index is 12.1. The minimum atomic E-state index is -0.243. The molecule has 0 saturated carbocycles. The van der Waals surface area contributed by atoms with Gasteiger partial charge in [-0.25, -0.2) is 4.79 Å². The Balaban J connectivity index is 1.33. The maximum Gasteiger partial charge on any atom is 0.334 e. The molecule has 0 aromatic heterocycles. The smallest absolute Gasteiger partial charge is 0.334 e. The number of carbonyl (C=O) groups excluding carboxylic acids is 1. The third-order valence-corrected chi connectivity index (χ3v) is 5.97. The van der Waals surface area contributed by atoms with E-state index in [1.807, 2.05) is 67.6 Å². The van der Waals surface area contributed by atoms with Gasteiger partial charge in [-0.15, -0.1) is 0 Å². The number of anilines is 1. The Labute approximate surface area is 216 Å². The number of hydrogen-bond donors (Lipinski definition) is 0. The van der Waals surface area contributed by atoms with E-state index in [1.54, 1.807) is 18.2 Å². The second-order valence-electron chi connectivity index (χ2n) is 8.26. The zero-order valence-electron chi connectivity index (χ0n) is 20.4. The van der Waals surface area contributed by atoms with Gasteiger partial charge < -0.3 is 14.4 Å². The Morgan fingerprint density at radius 1 is 1.00 bits per heavy atom. The van der Waals surface area contributed by atoms with Crippen molar-refractivity contribution in [2.75, 3.05) is 24.6 Å².